The number of nitrogens with zero attached hydrogens (tertiary/aromatic N) is 3. The molecule has 0 radical (unpaired) electrons. The normalized spacial score (nSPS) is 17.6. The molecule has 0 saturated carbocycles. The molecule has 4 N–H and O–H groups in total. The van der Waals surface area contributed by atoms with Crippen molar-refractivity contribution in [3.8, 4) is 0 Å². The molecule has 0 spiro atoms. The Morgan fingerprint density at radius 2 is 1.85 bits per heavy atom. The second-order valence-corrected chi connectivity index (χ2v) is 11.5. The first kappa shape index (κ1) is 25.6. The number of nitrogens with one attached hydrogen (secondary N) is 4. The van der Waals surface area contributed by atoms with Crippen molar-refractivity contribution >= 4 is 34.3 Å². The lowest BCUT2D eigenvalue weighted by molar-refractivity contribution is -0.133. The van der Waals surface area contributed by atoms with Crippen LogP contribution in [0, 0.1) is 6.92 Å². The van der Waals surface area contributed by atoms with Crippen molar-refractivity contribution in [2.75, 3.05) is 23.8 Å². The van der Waals surface area contributed by atoms with Crippen LogP contribution in [0.3, 0.4) is 0 Å². The Labute approximate surface area is 239 Å². The van der Waals surface area contributed by atoms with E-state index in [1.165, 1.54) is 16.7 Å². The molecule has 3 aromatic carbocycles. The van der Waals surface area contributed by atoms with E-state index in [2.05, 4.69) is 46.3 Å². The molecule has 1 unspecified atom stereocenters. The van der Waals surface area contributed by atoms with Gasteiger partial charge in [-0.2, -0.15) is 0 Å². The summed E-state index contributed by atoms with van der Waals surface area (Å²) in [5, 5.41) is 3.03. The second kappa shape index (κ2) is 10.6. The van der Waals surface area contributed by atoms with Crippen molar-refractivity contribution in [2.24, 2.45) is 0 Å². The maximum atomic E-state index is 13.7. The number of benzene rings is 3. The number of imidazole rings is 1. The highest BCUT2D eigenvalue weighted by Crippen LogP contribution is 2.32. The minimum atomic E-state index is -0.0724. The lowest BCUT2D eigenvalue weighted by atomic mass is 9.91. The van der Waals surface area contributed by atoms with Crippen LogP contribution in [-0.4, -0.2) is 50.8 Å². The molecule has 9 nitrogen and oxygen atoms in total. The molecule has 3 aliphatic heterocycles. The van der Waals surface area contributed by atoms with E-state index in [1.54, 1.807) is 0 Å². The zero-order valence-electron chi connectivity index (χ0n) is 23.2. The molecule has 3 amide bonds. The zero-order valence-corrected chi connectivity index (χ0v) is 23.2. The van der Waals surface area contributed by atoms with Crippen molar-refractivity contribution in [1.82, 2.24) is 25.2 Å². The summed E-state index contributed by atoms with van der Waals surface area (Å²) in [4.78, 5) is 38.9. The third kappa shape index (κ3) is 5.02. The number of para-hydroxylation sites is 3. The fourth-order valence-electron chi connectivity index (χ4n) is 6.61. The molecule has 1 aromatic heterocycles. The van der Waals surface area contributed by atoms with Crippen LogP contribution in [0.25, 0.3) is 11.0 Å². The number of hydrazine groups is 1. The van der Waals surface area contributed by atoms with Gasteiger partial charge >= 0.3 is 6.03 Å². The molecule has 1 saturated heterocycles. The van der Waals surface area contributed by atoms with Gasteiger partial charge in [-0.15, -0.1) is 0 Å². The lowest BCUT2D eigenvalue weighted by Crippen LogP contribution is -2.51. The topological polar surface area (TPSA) is 105 Å². The minimum Gasteiger partial charge on any atom is -0.343 e. The second-order valence-electron chi connectivity index (χ2n) is 11.5. The molecule has 4 aromatic rings. The highest BCUT2D eigenvalue weighted by Gasteiger charge is 2.33. The summed E-state index contributed by atoms with van der Waals surface area (Å²) in [5.41, 5.74) is 15.2. The van der Waals surface area contributed by atoms with E-state index >= 15 is 0 Å². The van der Waals surface area contributed by atoms with Crippen LogP contribution in [0.15, 0.2) is 60.7 Å². The van der Waals surface area contributed by atoms with Gasteiger partial charge in [-0.3, -0.25) is 4.79 Å². The Bertz CT molecular complexity index is 1590. The van der Waals surface area contributed by atoms with Crippen molar-refractivity contribution in [1.29, 1.82) is 0 Å². The fourth-order valence-corrected chi connectivity index (χ4v) is 6.61. The Morgan fingerprint density at radius 1 is 1.05 bits per heavy atom. The van der Waals surface area contributed by atoms with E-state index in [1.807, 2.05) is 52.3 Å². The molecule has 0 aliphatic carbocycles. The van der Waals surface area contributed by atoms with E-state index in [9.17, 15) is 9.59 Å². The third-order valence-corrected chi connectivity index (χ3v) is 8.79. The Hall–Kier alpha value is -4.37. The first-order chi connectivity index (χ1) is 20.0. The van der Waals surface area contributed by atoms with Crippen molar-refractivity contribution < 1.29 is 9.59 Å². The SMILES string of the molecule is Cc1cc(CC(CC(=O)N2CCC(N3Cc4ccccc4NC3=O)CC2)c2nc3ccccc3[nH]2)cc2c1NNC2. The van der Waals surface area contributed by atoms with Gasteiger partial charge in [0.15, 0.2) is 0 Å². The van der Waals surface area contributed by atoms with Gasteiger partial charge in [-0.1, -0.05) is 42.5 Å². The van der Waals surface area contributed by atoms with Crippen LogP contribution in [0.4, 0.5) is 16.2 Å². The van der Waals surface area contributed by atoms with Gasteiger partial charge < -0.3 is 25.5 Å². The standard InChI is InChI=1S/C32H35N7O2/c1-20-14-21(16-24-18-33-37-30(20)24)15-23(31-34-27-8-4-5-9-28(27)35-31)17-29(40)38-12-10-25(11-13-38)39-19-22-6-2-3-7-26(22)36-32(39)41/h2-9,14,16,23,25,33,37H,10-13,15,17-19H2,1H3,(H,34,35)(H,36,41). The van der Waals surface area contributed by atoms with Gasteiger partial charge in [0, 0.05) is 50.2 Å². The van der Waals surface area contributed by atoms with Gasteiger partial charge in [0.1, 0.15) is 5.82 Å². The zero-order chi connectivity index (χ0) is 27.9. The molecule has 1 fully saturated rings. The number of hydrogen-bond acceptors (Lipinski definition) is 5. The first-order valence-corrected chi connectivity index (χ1v) is 14.5. The summed E-state index contributed by atoms with van der Waals surface area (Å²) < 4.78 is 0. The Balaban J connectivity index is 1.06. The van der Waals surface area contributed by atoms with Crippen molar-refractivity contribution in [2.45, 2.75) is 57.7 Å². The molecular weight excluding hydrogens is 514 g/mol. The maximum absolute atomic E-state index is 13.7. The number of fused-ring (bicyclic) bond motifs is 3. The van der Waals surface area contributed by atoms with Crippen LogP contribution in [0.1, 0.15) is 53.3 Å². The molecule has 0 bridgehead atoms. The molecule has 9 heteroatoms. The number of anilines is 2. The number of amides is 3. The maximum Gasteiger partial charge on any atom is 0.322 e. The quantitative estimate of drug-likeness (QED) is 0.269. The molecule has 3 aliphatic rings. The Morgan fingerprint density at radius 3 is 2.71 bits per heavy atom. The average Bonchev–Trinajstić information content (AvgIpc) is 3.64. The molecular formula is C32H35N7O2. The number of carbonyl (C=O) groups excluding carboxylic acids is 2. The van der Waals surface area contributed by atoms with Gasteiger partial charge in [0.05, 0.1) is 16.7 Å². The number of piperidine rings is 1. The van der Waals surface area contributed by atoms with Crippen molar-refractivity contribution in [3.05, 3.63) is 88.7 Å². The highest BCUT2D eigenvalue weighted by molar-refractivity contribution is 5.92. The minimum absolute atomic E-state index is 0.0477. The number of aryl methyl sites for hydroxylation is 1. The summed E-state index contributed by atoms with van der Waals surface area (Å²) in [6.07, 6.45) is 2.67. The summed E-state index contributed by atoms with van der Waals surface area (Å²) >= 11 is 0. The summed E-state index contributed by atoms with van der Waals surface area (Å²) in [6.45, 7) is 4.82. The number of rotatable bonds is 6. The van der Waals surface area contributed by atoms with Crippen LogP contribution >= 0.6 is 0 Å². The largest absolute Gasteiger partial charge is 0.343 e. The number of carbonyl (C=O) groups is 2. The van der Waals surface area contributed by atoms with E-state index in [0.29, 0.717) is 26.1 Å². The summed E-state index contributed by atoms with van der Waals surface area (Å²) in [7, 11) is 0. The molecule has 4 heterocycles. The van der Waals surface area contributed by atoms with Crippen LogP contribution < -0.4 is 16.2 Å². The lowest BCUT2D eigenvalue weighted by Gasteiger charge is -2.40. The summed E-state index contributed by atoms with van der Waals surface area (Å²) in [5.74, 6) is 0.924. The summed E-state index contributed by atoms with van der Waals surface area (Å²) in [6, 6.07) is 20.5. The van der Waals surface area contributed by atoms with Gasteiger partial charge in [0.25, 0.3) is 0 Å². The van der Waals surface area contributed by atoms with Gasteiger partial charge in [-0.05, 0) is 66.6 Å². The average molecular weight is 550 g/mol. The third-order valence-electron chi connectivity index (χ3n) is 8.79. The van der Waals surface area contributed by atoms with Crippen LogP contribution in [-0.2, 0) is 24.3 Å². The van der Waals surface area contributed by atoms with Gasteiger partial charge in [-0.25, -0.2) is 15.2 Å². The van der Waals surface area contributed by atoms with E-state index < -0.39 is 0 Å². The van der Waals surface area contributed by atoms with Crippen LogP contribution in [0.5, 0.6) is 0 Å². The smallest absolute Gasteiger partial charge is 0.322 e. The van der Waals surface area contributed by atoms with Crippen molar-refractivity contribution in [3.63, 3.8) is 0 Å². The van der Waals surface area contributed by atoms with Crippen LogP contribution in [0.2, 0.25) is 0 Å². The molecule has 41 heavy (non-hydrogen) atoms. The number of aromatic amines is 1. The van der Waals surface area contributed by atoms with E-state index in [0.717, 1.165) is 59.6 Å². The van der Waals surface area contributed by atoms with E-state index in [-0.39, 0.29) is 23.9 Å². The monoisotopic (exact) mass is 549 g/mol. The van der Waals surface area contributed by atoms with E-state index in [4.69, 9.17) is 4.98 Å². The fraction of sp³-hybridized carbons (Fsp3) is 0.344. The number of urea groups is 1. The molecule has 1 atom stereocenters. The Kier molecular flexibility index (Phi) is 6.59. The predicted molar refractivity (Wildman–Crippen MR) is 159 cm³/mol. The predicted octanol–water partition coefficient (Wildman–Crippen LogP) is 5.06. The number of aromatic nitrogens is 2. The number of H-pyrrole nitrogens is 1. The number of hydrogen-bond donors (Lipinski definition) is 4. The van der Waals surface area contributed by atoms with Gasteiger partial charge in [0.2, 0.25) is 5.91 Å². The molecule has 7 rings (SSSR count). The number of likely N-dealkylation sites (tertiary alicyclic amines) is 1. The molecule has 210 valence electrons. The first-order valence-electron chi connectivity index (χ1n) is 14.5. The highest BCUT2D eigenvalue weighted by atomic mass is 16.2.